The van der Waals surface area contributed by atoms with Crippen LogP contribution in [0.4, 0.5) is 0 Å². The molecule has 0 rings (SSSR count). The highest BCUT2D eigenvalue weighted by Crippen LogP contribution is 2.18. The highest BCUT2D eigenvalue weighted by atomic mass is 16.6. The lowest BCUT2D eigenvalue weighted by Gasteiger charge is -2.18. The monoisotopic (exact) mass is 891 g/mol. The van der Waals surface area contributed by atoms with Crippen molar-refractivity contribution >= 4 is 17.9 Å². The van der Waals surface area contributed by atoms with Gasteiger partial charge in [0.2, 0.25) is 0 Å². The first kappa shape index (κ1) is 61.4. The van der Waals surface area contributed by atoms with Gasteiger partial charge >= 0.3 is 17.9 Å². The van der Waals surface area contributed by atoms with E-state index < -0.39 is 6.10 Å². The van der Waals surface area contributed by atoms with Crippen LogP contribution in [0.15, 0.2) is 0 Å². The SMILES string of the molecule is CCCCCCCCCCCCCCCCCCCCCCC(=O)OCC(COC(=O)CCCCCCCC)OC(=O)CCCCCCCCCCCCCCCCCCCCC. The number of hydrogen-bond donors (Lipinski definition) is 0. The van der Waals surface area contributed by atoms with Gasteiger partial charge in [-0.2, -0.15) is 0 Å². The Morgan fingerprint density at radius 3 is 0.635 bits per heavy atom. The van der Waals surface area contributed by atoms with E-state index in [1.165, 1.54) is 231 Å². The molecule has 0 aromatic heterocycles. The van der Waals surface area contributed by atoms with Crippen LogP contribution in [0.2, 0.25) is 0 Å². The third-order valence-electron chi connectivity index (χ3n) is 13.1. The average molecular weight is 892 g/mol. The van der Waals surface area contributed by atoms with Crippen molar-refractivity contribution in [1.29, 1.82) is 0 Å². The van der Waals surface area contributed by atoms with Gasteiger partial charge in [0, 0.05) is 19.3 Å². The highest BCUT2D eigenvalue weighted by molar-refractivity contribution is 5.71. The van der Waals surface area contributed by atoms with Gasteiger partial charge in [-0.3, -0.25) is 14.4 Å². The van der Waals surface area contributed by atoms with Gasteiger partial charge in [-0.25, -0.2) is 0 Å². The van der Waals surface area contributed by atoms with E-state index in [0.29, 0.717) is 19.3 Å². The number of rotatable bonds is 53. The summed E-state index contributed by atoms with van der Waals surface area (Å²) in [6.45, 7) is 6.65. The predicted octanol–water partition coefficient (Wildman–Crippen LogP) is 18.8. The van der Waals surface area contributed by atoms with E-state index >= 15 is 0 Å². The molecule has 374 valence electrons. The largest absolute Gasteiger partial charge is 0.462 e. The van der Waals surface area contributed by atoms with Crippen molar-refractivity contribution in [1.82, 2.24) is 0 Å². The van der Waals surface area contributed by atoms with Crippen LogP contribution in [0.25, 0.3) is 0 Å². The Morgan fingerprint density at radius 2 is 0.429 bits per heavy atom. The second-order valence-electron chi connectivity index (χ2n) is 19.6. The first-order valence-corrected chi connectivity index (χ1v) is 28.5. The Morgan fingerprint density at radius 1 is 0.254 bits per heavy atom. The molecule has 0 aliphatic rings. The van der Waals surface area contributed by atoms with Gasteiger partial charge in [-0.15, -0.1) is 0 Å². The normalized spacial score (nSPS) is 11.9. The smallest absolute Gasteiger partial charge is 0.306 e. The van der Waals surface area contributed by atoms with Crippen molar-refractivity contribution in [3.05, 3.63) is 0 Å². The Balaban J connectivity index is 4.08. The molecular formula is C57H110O6. The van der Waals surface area contributed by atoms with Crippen LogP contribution >= 0.6 is 0 Å². The molecule has 0 amide bonds. The fraction of sp³-hybridized carbons (Fsp3) is 0.947. The van der Waals surface area contributed by atoms with Crippen LogP contribution in [0.3, 0.4) is 0 Å². The van der Waals surface area contributed by atoms with Gasteiger partial charge in [-0.1, -0.05) is 290 Å². The van der Waals surface area contributed by atoms with Crippen LogP contribution in [0.5, 0.6) is 0 Å². The minimum atomic E-state index is -0.759. The minimum Gasteiger partial charge on any atom is -0.462 e. The van der Waals surface area contributed by atoms with Gasteiger partial charge in [0.25, 0.3) is 0 Å². The summed E-state index contributed by atoms with van der Waals surface area (Å²) in [4.78, 5) is 37.8. The van der Waals surface area contributed by atoms with Crippen molar-refractivity contribution in [2.24, 2.45) is 0 Å². The van der Waals surface area contributed by atoms with E-state index in [1.54, 1.807) is 0 Å². The number of esters is 3. The van der Waals surface area contributed by atoms with Crippen molar-refractivity contribution in [2.75, 3.05) is 13.2 Å². The van der Waals surface area contributed by atoms with E-state index in [9.17, 15) is 14.4 Å². The Hall–Kier alpha value is -1.59. The summed E-state index contributed by atoms with van der Waals surface area (Å²) < 4.78 is 16.8. The minimum absolute atomic E-state index is 0.0622. The van der Waals surface area contributed by atoms with Crippen LogP contribution in [0.1, 0.15) is 329 Å². The van der Waals surface area contributed by atoms with E-state index in [4.69, 9.17) is 14.2 Å². The predicted molar refractivity (Wildman–Crippen MR) is 270 cm³/mol. The molecule has 0 spiro atoms. The fourth-order valence-electron chi connectivity index (χ4n) is 8.80. The summed E-state index contributed by atoms with van der Waals surface area (Å²) in [6.07, 6.45) is 58.4. The zero-order valence-corrected chi connectivity index (χ0v) is 42.9. The summed E-state index contributed by atoms with van der Waals surface area (Å²) in [5.41, 5.74) is 0. The summed E-state index contributed by atoms with van der Waals surface area (Å²) in [5, 5.41) is 0. The zero-order chi connectivity index (χ0) is 45.8. The maximum absolute atomic E-state index is 12.8. The highest BCUT2D eigenvalue weighted by Gasteiger charge is 2.19. The van der Waals surface area contributed by atoms with Gasteiger partial charge in [0.15, 0.2) is 6.10 Å². The maximum atomic E-state index is 12.8. The lowest BCUT2D eigenvalue weighted by atomic mass is 10.0. The first-order valence-electron chi connectivity index (χ1n) is 28.5. The molecule has 1 atom stereocenters. The van der Waals surface area contributed by atoms with Crippen LogP contribution in [-0.4, -0.2) is 37.2 Å². The third-order valence-corrected chi connectivity index (χ3v) is 13.1. The number of ether oxygens (including phenoxy) is 3. The molecule has 1 unspecified atom stereocenters. The van der Waals surface area contributed by atoms with E-state index in [-0.39, 0.29) is 31.1 Å². The lowest BCUT2D eigenvalue weighted by molar-refractivity contribution is -0.167. The van der Waals surface area contributed by atoms with Crippen LogP contribution in [0, 0.1) is 0 Å². The first-order chi connectivity index (χ1) is 31.0. The van der Waals surface area contributed by atoms with Crippen LogP contribution < -0.4 is 0 Å². The molecule has 0 saturated carbocycles. The molecule has 0 bridgehead atoms. The Kier molecular flexibility index (Phi) is 51.7. The molecule has 0 radical (unpaired) electrons. The van der Waals surface area contributed by atoms with Gasteiger partial charge in [-0.05, 0) is 19.3 Å². The molecule has 0 heterocycles. The summed E-state index contributed by atoms with van der Waals surface area (Å²) in [6, 6.07) is 0. The number of hydrogen-bond acceptors (Lipinski definition) is 6. The van der Waals surface area contributed by atoms with Crippen molar-refractivity contribution in [2.45, 2.75) is 335 Å². The Labute approximate surface area is 393 Å². The fourth-order valence-corrected chi connectivity index (χ4v) is 8.80. The molecule has 0 N–H and O–H groups in total. The topological polar surface area (TPSA) is 78.9 Å². The second-order valence-corrected chi connectivity index (χ2v) is 19.6. The summed E-state index contributed by atoms with van der Waals surface area (Å²) >= 11 is 0. The van der Waals surface area contributed by atoms with Crippen molar-refractivity contribution < 1.29 is 28.6 Å². The van der Waals surface area contributed by atoms with Crippen molar-refractivity contribution in [3.63, 3.8) is 0 Å². The molecule has 6 heteroatoms. The number of carbonyl (C=O) groups is 3. The van der Waals surface area contributed by atoms with E-state index in [2.05, 4.69) is 20.8 Å². The standard InChI is InChI=1S/C57H110O6/c1-4-7-10-13-16-18-20-22-24-26-28-30-31-33-35-37-39-41-44-47-50-56(59)62-53-54(52-61-55(58)49-46-43-15-12-9-6-3)63-57(60)51-48-45-42-40-38-36-34-32-29-27-25-23-21-19-17-14-11-8-5-2/h54H,4-53H2,1-3H3. The quantitative estimate of drug-likeness (QED) is 0.0344. The second kappa shape index (κ2) is 53.0. The number of carbonyl (C=O) groups excluding carboxylic acids is 3. The maximum Gasteiger partial charge on any atom is 0.306 e. The molecule has 0 aliphatic carbocycles. The van der Waals surface area contributed by atoms with Gasteiger partial charge < -0.3 is 14.2 Å². The molecule has 0 aromatic carbocycles. The summed E-state index contributed by atoms with van der Waals surface area (Å²) in [7, 11) is 0. The van der Waals surface area contributed by atoms with Gasteiger partial charge in [0.1, 0.15) is 13.2 Å². The molecule has 0 fully saturated rings. The van der Waals surface area contributed by atoms with E-state index in [1.807, 2.05) is 0 Å². The molecule has 0 aromatic rings. The molecule has 6 nitrogen and oxygen atoms in total. The molecule has 0 saturated heterocycles. The van der Waals surface area contributed by atoms with E-state index in [0.717, 1.165) is 57.8 Å². The molecule has 0 aliphatic heterocycles. The van der Waals surface area contributed by atoms with Crippen LogP contribution in [-0.2, 0) is 28.6 Å². The third kappa shape index (κ3) is 51.3. The molecule has 63 heavy (non-hydrogen) atoms. The lowest BCUT2D eigenvalue weighted by Crippen LogP contribution is -2.30. The summed E-state index contributed by atoms with van der Waals surface area (Å²) in [5.74, 6) is -0.847. The van der Waals surface area contributed by atoms with Crippen molar-refractivity contribution in [3.8, 4) is 0 Å². The molecular weight excluding hydrogens is 781 g/mol. The van der Waals surface area contributed by atoms with Gasteiger partial charge in [0.05, 0.1) is 0 Å². The zero-order valence-electron chi connectivity index (χ0n) is 42.9. The Bertz CT molecular complexity index is 936. The average Bonchev–Trinajstić information content (AvgIpc) is 3.28. The number of unbranched alkanes of at least 4 members (excludes halogenated alkanes) is 42.